The monoisotopic (exact) mass is 215 g/mol. The van der Waals surface area contributed by atoms with E-state index in [4.69, 9.17) is 12.2 Å². The third-order valence-corrected chi connectivity index (χ3v) is 2.54. The first-order valence-electron chi connectivity index (χ1n) is 4.93. The molecule has 1 heterocycles. The van der Waals surface area contributed by atoms with Gasteiger partial charge in [-0.05, 0) is 43.7 Å². The van der Waals surface area contributed by atoms with E-state index < -0.39 is 0 Å². The Morgan fingerprint density at radius 3 is 2.27 bits per heavy atom. The Hall–Kier alpha value is -1.41. The average molecular weight is 215 g/mol. The molecule has 0 aliphatic carbocycles. The van der Waals surface area contributed by atoms with Gasteiger partial charge in [-0.2, -0.15) is 0 Å². The van der Waals surface area contributed by atoms with Crippen LogP contribution in [0.3, 0.4) is 0 Å². The third kappa shape index (κ3) is 2.34. The van der Waals surface area contributed by atoms with Crippen molar-refractivity contribution in [3.63, 3.8) is 0 Å². The van der Waals surface area contributed by atoms with Crippen LogP contribution in [0.2, 0.25) is 0 Å². The predicted octanol–water partition coefficient (Wildman–Crippen LogP) is 4.03. The van der Waals surface area contributed by atoms with E-state index in [9.17, 15) is 0 Å². The molecule has 0 atom stereocenters. The van der Waals surface area contributed by atoms with Gasteiger partial charge in [-0.3, -0.25) is 0 Å². The summed E-state index contributed by atoms with van der Waals surface area (Å²) in [6.07, 6.45) is 0. The predicted molar refractivity (Wildman–Crippen MR) is 66.5 cm³/mol. The summed E-state index contributed by atoms with van der Waals surface area (Å²) in [4.78, 5) is 3.19. The van der Waals surface area contributed by atoms with Crippen LogP contribution in [-0.4, -0.2) is 4.98 Å². The van der Waals surface area contributed by atoms with Crippen LogP contribution in [0.4, 0.5) is 0 Å². The first-order chi connectivity index (χ1) is 7.15. The highest BCUT2D eigenvalue weighted by Gasteiger charge is 1.98. The molecule has 0 fully saturated rings. The normalized spacial score (nSPS) is 10.3. The van der Waals surface area contributed by atoms with Gasteiger partial charge < -0.3 is 4.98 Å². The van der Waals surface area contributed by atoms with Gasteiger partial charge in [0, 0.05) is 5.69 Å². The summed E-state index contributed by atoms with van der Waals surface area (Å²) in [6.45, 7) is 4.21. The summed E-state index contributed by atoms with van der Waals surface area (Å²) in [5.41, 5.74) is 4.81. The van der Waals surface area contributed by atoms with Crippen LogP contribution >= 0.6 is 12.2 Å². The highest BCUT2D eigenvalue weighted by atomic mass is 32.1. The molecule has 1 aromatic heterocycles. The van der Waals surface area contributed by atoms with Gasteiger partial charge in [0.15, 0.2) is 0 Å². The zero-order valence-electron chi connectivity index (χ0n) is 8.87. The highest BCUT2D eigenvalue weighted by Crippen LogP contribution is 2.19. The van der Waals surface area contributed by atoms with E-state index in [1.54, 1.807) is 0 Å². The second kappa shape index (κ2) is 3.99. The lowest BCUT2D eigenvalue weighted by Crippen LogP contribution is -1.86. The maximum Gasteiger partial charge on any atom is 0.103 e. The molecule has 0 spiro atoms. The molecule has 1 aromatic carbocycles. The Balaban J connectivity index is 2.58. The summed E-state index contributed by atoms with van der Waals surface area (Å²) in [7, 11) is 0. The van der Waals surface area contributed by atoms with Gasteiger partial charge in [0.1, 0.15) is 4.64 Å². The number of aryl methyl sites for hydroxylation is 2. The topological polar surface area (TPSA) is 15.8 Å². The fourth-order valence-corrected chi connectivity index (χ4v) is 1.93. The second-order valence-electron chi connectivity index (χ2n) is 3.81. The van der Waals surface area contributed by atoms with E-state index in [0.29, 0.717) is 0 Å². The summed E-state index contributed by atoms with van der Waals surface area (Å²) >= 11 is 5.11. The van der Waals surface area contributed by atoms with E-state index >= 15 is 0 Å². The van der Waals surface area contributed by atoms with Crippen LogP contribution in [0, 0.1) is 18.5 Å². The molecule has 2 rings (SSSR count). The fourth-order valence-electron chi connectivity index (χ4n) is 1.75. The zero-order chi connectivity index (χ0) is 10.8. The second-order valence-corrected chi connectivity index (χ2v) is 4.24. The maximum absolute atomic E-state index is 5.11. The summed E-state index contributed by atoms with van der Waals surface area (Å²) < 4.78 is 0.770. The highest BCUT2D eigenvalue weighted by molar-refractivity contribution is 7.71. The van der Waals surface area contributed by atoms with Crippen molar-refractivity contribution < 1.29 is 0 Å². The van der Waals surface area contributed by atoms with E-state index in [1.807, 2.05) is 18.2 Å². The van der Waals surface area contributed by atoms with Gasteiger partial charge in [0.2, 0.25) is 0 Å². The molecular weight excluding hydrogens is 202 g/mol. The first-order valence-corrected chi connectivity index (χ1v) is 5.34. The summed E-state index contributed by atoms with van der Waals surface area (Å²) in [6, 6.07) is 12.4. The van der Waals surface area contributed by atoms with Crippen molar-refractivity contribution in [1.82, 2.24) is 4.98 Å². The molecule has 2 heteroatoms. The van der Waals surface area contributed by atoms with E-state index in [2.05, 4.69) is 37.0 Å². The minimum atomic E-state index is 0.770. The molecule has 0 bridgehead atoms. The Morgan fingerprint density at radius 2 is 1.67 bits per heavy atom. The number of hydrogen-bond acceptors (Lipinski definition) is 1. The molecule has 15 heavy (non-hydrogen) atoms. The van der Waals surface area contributed by atoms with Crippen molar-refractivity contribution in [2.45, 2.75) is 13.8 Å². The van der Waals surface area contributed by atoms with Crippen molar-refractivity contribution >= 4 is 12.2 Å². The van der Waals surface area contributed by atoms with Crippen molar-refractivity contribution in [2.24, 2.45) is 0 Å². The lowest BCUT2D eigenvalue weighted by molar-refractivity contribution is 1.28. The molecule has 0 saturated carbocycles. The third-order valence-electron chi connectivity index (χ3n) is 2.30. The number of pyridine rings is 1. The van der Waals surface area contributed by atoms with E-state index in [-0.39, 0.29) is 0 Å². The number of rotatable bonds is 1. The molecule has 0 saturated heterocycles. The minimum absolute atomic E-state index is 0.770. The van der Waals surface area contributed by atoms with Gasteiger partial charge >= 0.3 is 0 Å². The van der Waals surface area contributed by atoms with Crippen molar-refractivity contribution in [2.75, 3.05) is 0 Å². The standard InChI is InChI=1S/C13H13NS/c1-9-6-10(2)8-11(7-9)12-4-3-5-13(15)14-12/h3-8H,1-2H3,(H,14,15). The molecule has 2 aromatic rings. The van der Waals surface area contributed by atoms with Gasteiger partial charge in [-0.25, -0.2) is 0 Å². The van der Waals surface area contributed by atoms with Crippen LogP contribution in [0.1, 0.15) is 11.1 Å². The fraction of sp³-hybridized carbons (Fsp3) is 0.154. The Morgan fingerprint density at radius 1 is 1.00 bits per heavy atom. The summed E-state index contributed by atoms with van der Waals surface area (Å²) in [5, 5.41) is 0. The Kier molecular flexibility index (Phi) is 2.69. The smallest absolute Gasteiger partial charge is 0.103 e. The molecule has 0 aliphatic heterocycles. The number of aromatic nitrogens is 1. The molecule has 0 amide bonds. The number of hydrogen-bond donors (Lipinski definition) is 1. The van der Waals surface area contributed by atoms with E-state index in [0.717, 1.165) is 10.3 Å². The average Bonchev–Trinajstić information content (AvgIpc) is 2.16. The quantitative estimate of drug-likeness (QED) is 0.710. The van der Waals surface area contributed by atoms with Crippen molar-refractivity contribution in [1.29, 1.82) is 0 Å². The largest absolute Gasteiger partial charge is 0.346 e. The van der Waals surface area contributed by atoms with Crippen molar-refractivity contribution in [3.05, 3.63) is 52.2 Å². The molecular formula is C13H13NS. The van der Waals surface area contributed by atoms with Gasteiger partial charge in [-0.15, -0.1) is 0 Å². The van der Waals surface area contributed by atoms with Gasteiger partial charge in [0.25, 0.3) is 0 Å². The Labute approximate surface area is 94.8 Å². The first kappa shape index (κ1) is 10.1. The van der Waals surface area contributed by atoms with Crippen LogP contribution in [-0.2, 0) is 0 Å². The molecule has 76 valence electrons. The SMILES string of the molecule is Cc1cc(C)cc(-c2cccc(=S)[nH]2)c1. The van der Waals surface area contributed by atoms with Crippen LogP contribution in [0.15, 0.2) is 36.4 Å². The van der Waals surface area contributed by atoms with Crippen LogP contribution < -0.4 is 0 Å². The molecule has 1 nitrogen and oxygen atoms in total. The zero-order valence-corrected chi connectivity index (χ0v) is 9.69. The van der Waals surface area contributed by atoms with Crippen LogP contribution in [0.5, 0.6) is 0 Å². The molecule has 0 radical (unpaired) electrons. The summed E-state index contributed by atoms with van der Waals surface area (Å²) in [5.74, 6) is 0. The number of aromatic amines is 1. The van der Waals surface area contributed by atoms with E-state index in [1.165, 1.54) is 16.7 Å². The van der Waals surface area contributed by atoms with Gasteiger partial charge in [0.05, 0.1) is 0 Å². The lowest BCUT2D eigenvalue weighted by Gasteiger charge is -2.05. The number of H-pyrrole nitrogens is 1. The molecule has 0 unspecified atom stereocenters. The molecule has 0 aliphatic rings. The molecule has 1 N–H and O–H groups in total. The van der Waals surface area contributed by atoms with Gasteiger partial charge in [-0.1, -0.05) is 35.5 Å². The number of nitrogens with one attached hydrogen (secondary N) is 1. The lowest BCUT2D eigenvalue weighted by atomic mass is 10.0. The Bertz CT molecular complexity index is 520. The minimum Gasteiger partial charge on any atom is -0.346 e. The maximum atomic E-state index is 5.11. The number of benzene rings is 1. The van der Waals surface area contributed by atoms with Crippen molar-refractivity contribution in [3.8, 4) is 11.3 Å². The van der Waals surface area contributed by atoms with Crippen LogP contribution in [0.25, 0.3) is 11.3 Å².